The average molecular weight is 262 g/mol. The molecule has 0 radical (unpaired) electrons. The van der Waals surface area contributed by atoms with Crippen molar-refractivity contribution in [2.45, 2.75) is 39.0 Å². The first-order valence-electron chi connectivity index (χ1n) is 6.93. The van der Waals surface area contributed by atoms with E-state index in [9.17, 15) is 4.79 Å². The molecule has 0 saturated carbocycles. The summed E-state index contributed by atoms with van der Waals surface area (Å²) in [6, 6.07) is 0. The van der Waals surface area contributed by atoms with Gasteiger partial charge in [-0.15, -0.1) is 10.2 Å². The van der Waals surface area contributed by atoms with Gasteiger partial charge < -0.3 is 9.47 Å². The SMILES string of the molecule is CC/C=C(/C)C(=O)N1CCC[C@H](c2nncn2C)C1. The molecule has 1 atom stereocenters. The normalized spacial score (nSPS) is 20.7. The van der Waals surface area contributed by atoms with Crippen LogP contribution >= 0.6 is 0 Å². The highest BCUT2D eigenvalue weighted by Gasteiger charge is 2.27. The quantitative estimate of drug-likeness (QED) is 0.781. The summed E-state index contributed by atoms with van der Waals surface area (Å²) in [5.41, 5.74) is 0.848. The van der Waals surface area contributed by atoms with Crippen LogP contribution in [0, 0.1) is 0 Å². The van der Waals surface area contributed by atoms with Gasteiger partial charge in [0.2, 0.25) is 5.91 Å². The molecule has 5 heteroatoms. The van der Waals surface area contributed by atoms with Crippen LogP contribution in [0.3, 0.4) is 0 Å². The molecule has 0 N–H and O–H groups in total. The Morgan fingerprint density at radius 1 is 1.58 bits per heavy atom. The maximum absolute atomic E-state index is 12.3. The predicted octanol–water partition coefficient (Wildman–Crippen LogP) is 1.88. The van der Waals surface area contributed by atoms with E-state index in [2.05, 4.69) is 17.1 Å². The topological polar surface area (TPSA) is 51.0 Å². The highest BCUT2D eigenvalue weighted by atomic mass is 16.2. The number of aryl methyl sites for hydroxylation is 1. The lowest BCUT2D eigenvalue weighted by molar-refractivity contribution is -0.128. The fourth-order valence-corrected chi connectivity index (χ4v) is 2.68. The van der Waals surface area contributed by atoms with Gasteiger partial charge >= 0.3 is 0 Å². The summed E-state index contributed by atoms with van der Waals surface area (Å²) in [5, 5.41) is 8.10. The Labute approximate surface area is 114 Å². The number of likely N-dealkylation sites (tertiary alicyclic amines) is 1. The molecule has 1 amide bonds. The van der Waals surface area contributed by atoms with E-state index in [0.717, 1.165) is 43.7 Å². The summed E-state index contributed by atoms with van der Waals surface area (Å²) < 4.78 is 1.95. The Morgan fingerprint density at radius 2 is 2.37 bits per heavy atom. The molecule has 5 nitrogen and oxygen atoms in total. The second-order valence-corrected chi connectivity index (χ2v) is 5.19. The third kappa shape index (κ3) is 3.03. The Kier molecular flexibility index (Phi) is 4.35. The van der Waals surface area contributed by atoms with Crippen LogP contribution in [0.1, 0.15) is 44.9 Å². The minimum Gasteiger partial charge on any atom is -0.338 e. The van der Waals surface area contributed by atoms with E-state index in [1.54, 1.807) is 6.33 Å². The van der Waals surface area contributed by atoms with Gasteiger partial charge in [0.1, 0.15) is 12.2 Å². The van der Waals surface area contributed by atoms with E-state index < -0.39 is 0 Å². The number of carbonyl (C=O) groups is 1. The molecule has 1 aromatic rings. The third-order valence-corrected chi connectivity index (χ3v) is 3.67. The van der Waals surface area contributed by atoms with Crippen molar-refractivity contribution in [3.8, 4) is 0 Å². The summed E-state index contributed by atoms with van der Waals surface area (Å²) in [5.74, 6) is 1.45. The van der Waals surface area contributed by atoms with E-state index in [1.165, 1.54) is 0 Å². The number of allylic oxidation sites excluding steroid dienone is 1. The van der Waals surface area contributed by atoms with Crippen LogP contribution in [0.4, 0.5) is 0 Å². The van der Waals surface area contributed by atoms with Crippen molar-refractivity contribution < 1.29 is 4.79 Å². The third-order valence-electron chi connectivity index (χ3n) is 3.67. The number of hydrogen-bond donors (Lipinski definition) is 0. The predicted molar refractivity (Wildman–Crippen MR) is 73.6 cm³/mol. The summed E-state index contributed by atoms with van der Waals surface area (Å²) in [7, 11) is 1.96. The highest BCUT2D eigenvalue weighted by molar-refractivity contribution is 5.92. The molecule has 1 aliphatic rings. The fourth-order valence-electron chi connectivity index (χ4n) is 2.68. The number of aromatic nitrogens is 3. The number of amides is 1. The Morgan fingerprint density at radius 3 is 3.00 bits per heavy atom. The summed E-state index contributed by atoms with van der Waals surface area (Å²) in [6.07, 6.45) is 6.72. The molecule has 1 fully saturated rings. The van der Waals surface area contributed by atoms with Gasteiger partial charge in [0.15, 0.2) is 0 Å². The molecule has 0 aliphatic carbocycles. The molecule has 2 rings (SSSR count). The van der Waals surface area contributed by atoms with E-state index in [1.807, 2.05) is 29.5 Å². The molecule has 1 aromatic heterocycles. The Balaban J connectivity index is 2.07. The summed E-state index contributed by atoms with van der Waals surface area (Å²) in [4.78, 5) is 14.3. The number of piperidine rings is 1. The second kappa shape index (κ2) is 5.99. The van der Waals surface area contributed by atoms with E-state index >= 15 is 0 Å². The molecular weight excluding hydrogens is 240 g/mol. The number of carbonyl (C=O) groups excluding carboxylic acids is 1. The first kappa shape index (κ1) is 13.8. The van der Waals surface area contributed by atoms with Crippen molar-refractivity contribution in [1.82, 2.24) is 19.7 Å². The standard InChI is InChI=1S/C14H22N4O/c1-4-6-11(2)14(19)18-8-5-7-12(9-18)13-16-15-10-17(13)3/h6,10,12H,4-5,7-9H2,1-3H3/b11-6-/t12-/m0/s1. The lowest BCUT2D eigenvalue weighted by Gasteiger charge is -2.32. The van der Waals surface area contributed by atoms with E-state index in [-0.39, 0.29) is 5.91 Å². The average Bonchev–Trinajstić information content (AvgIpc) is 2.84. The van der Waals surface area contributed by atoms with Crippen LogP contribution in [0.25, 0.3) is 0 Å². The lowest BCUT2D eigenvalue weighted by atomic mass is 9.96. The van der Waals surface area contributed by atoms with Crippen molar-refractivity contribution >= 4 is 5.91 Å². The van der Waals surface area contributed by atoms with E-state index in [4.69, 9.17) is 0 Å². The zero-order chi connectivity index (χ0) is 13.8. The van der Waals surface area contributed by atoms with Gasteiger partial charge in [-0.25, -0.2) is 0 Å². The molecular formula is C14H22N4O. The minimum absolute atomic E-state index is 0.161. The second-order valence-electron chi connectivity index (χ2n) is 5.19. The molecule has 0 spiro atoms. The maximum Gasteiger partial charge on any atom is 0.249 e. The summed E-state index contributed by atoms with van der Waals surface area (Å²) in [6.45, 7) is 5.55. The summed E-state index contributed by atoms with van der Waals surface area (Å²) >= 11 is 0. The fraction of sp³-hybridized carbons (Fsp3) is 0.643. The lowest BCUT2D eigenvalue weighted by Crippen LogP contribution is -2.40. The first-order valence-corrected chi connectivity index (χ1v) is 6.93. The van der Waals surface area contributed by atoms with Crippen molar-refractivity contribution in [1.29, 1.82) is 0 Å². The Bertz CT molecular complexity index is 478. The van der Waals surface area contributed by atoms with E-state index in [0.29, 0.717) is 5.92 Å². The van der Waals surface area contributed by atoms with Gasteiger partial charge in [-0.2, -0.15) is 0 Å². The van der Waals surface area contributed by atoms with Gasteiger partial charge in [-0.1, -0.05) is 13.0 Å². The monoisotopic (exact) mass is 262 g/mol. The molecule has 19 heavy (non-hydrogen) atoms. The van der Waals surface area contributed by atoms with Gasteiger partial charge in [0.05, 0.1) is 0 Å². The van der Waals surface area contributed by atoms with Gasteiger partial charge in [0, 0.05) is 31.6 Å². The largest absolute Gasteiger partial charge is 0.338 e. The number of hydrogen-bond acceptors (Lipinski definition) is 3. The van der Waals surface area contributed by atoms with Crippen molar-refractivity contribution in [3.63, 3.8) is 0 Å². The van der Waals surface area contributed by atoms with Crippen LogP contribution in [-0.2, 0) is 11.8 Å². The van der Waals surface area contributed by atoms with Crippen LogP contribution in [0.15, 0.2) is 18.0 Å². The molecule has 0 bridgehead atoms. The minimum atomic E-state index is 0.161. The molecule has 2 heterocycles. The van der Waals surface area contributed by atoms with Crippen molar-refractivity contribution in [2.24, 2.45) is 7.05 Å². The van der Waals surface area contributed by atoms with Crippen LogP contribution in [-0.4, -0.2) is 38.7 Å². The maximum atomic E-state index is 12.3. The van der Waals surface area contributed by atoms with Gasteiger partial charge in [-0.3, -0.25) is 4.79 Å². The smallest absolute Gasteiger partial charge is 0.249 e. The molecule has 0 aromatic carbocycles. The van der Waals surface area contributed by atoms with Crippen LogP contribution in [0.5, 0.6) is 0 Å². The highest BCUT2D eigenvalue weighted by Crippen LogP contribution is 2.25. The zero-order valence-electron chi connectivity index (χ0n) is 12.0. The number of rotatable bonds is 3. The van der Waals surface area contributed by atoms with Crippen LogP contribution in [0.2, 0.25) is 0 Å². The Hall–Kier alpha value is -1.65. The van der Waals surface area contributed by atoms with Crippen molar-refractivity contribution in [3.05, 3.63) is 23.8 Å². The molecule has 1 aliphatic heterocycles. The van der Waals surface area contributed by atoms with Gasteiger partial charge in [-0.05, 0) is 26.2 Å². The first-order chi connectivity index (χ1) is 9.13. The van der Waals surface area contributed by atoms with Crippen molar-refractivity contribution in [2.75, 3.05) is 13.1 Å². The van der Waals surface area contributed by atoms with Gasteiger partial charge in [0.25, 0.3) is 0 Å². The zero-order valence-corrected chi connectivity index (χ0v) is 12.0. The molecule has 1 saturated heterocycles. The molecule has 0 unspecified atom stereocenters. The van der Waals surface area contributed by atoms with Crippen LogP contribution < -0.4 is 0 Å². The number of nitrogens with zero attached hydrogens (tertiary/aromatic N) is 4. The molecule has 104 valence electrons.